The third-order valence-electron chi connectivity index (χ3n) is 6.78. The van der Waals surface area contributed by atoms with Crippen LogP contribution in [0.1, 0.15) is 48.6 Å². The van der Waals surface area contributed by atoms with Gasteiger partial charge < -0.3 is 9.67 Å². The molecular weight excluding hydrogens is 346 g/mol. The second-order valence-corrected chi connectivity index (χ2v) is 8.85. The van der Waals surface area contributed by atoms with Gasteiger partial charge in [0.2, 0.25) is 0 Å². The van der Waals surface area contributed by atoms with Crippen LogP contribution in [-0.2, 0) is 25.1 Å². The Morgan fingerprint density at radius 1 is 1.25 bits per heavy atom. The first-order valence-corrected chi connectivity index (χ1v) is 10.5. The molecule has 3 heterocycles. The largest absolute Gasteiger partial charge is 0.384 e. The predicted molar refractivity (Wildman–Crippen MR) is 112 cm³/mol. The highest BCUT2D eigenvalue weighted by molar-refractivity contribution is 5.86. The molecule has 0 bridgehead atoms. The fraction of sp³-hybridized carbons (Fsp3) is 0.458. The fourth-order valence-electron chi connectivity index (χ4n) is 4.91. The molecule has 1 N–H and O–H groups in total. The van der Waals surface area contributed by atoms with Crippen molar-refractivity contribution in [2.45, 2.75) is 64.3 Å². The molecule has 1 fully saturated rings. The first-order valence-electron chi connectivity index (χ1n) is 10.5. The molecule has 0 radical (unpaired) electrons. The summed E-state index contributed by atoms with van der Waals surface area (Å²) in [6.07, 6.45) is 8.67. The lowest BCUT2D eigenvalue weighted by Gasteiger charge is -2.40. The molecule has 146 valence electrons. The average molecular weight is 376 g/mol. The number of fused-ring (bicyclic) bond motifs is 3. The number of rotatable bonds is 4. The monoisotopic (exact) mass is 375 g/mol. The third-order valence-corrected chi connectivity index (χ3v) is 6.78. The highest BCUT2D eigenvalue weighted by atomic mass is 16.3. The summed E-state index contributed by atoms with van der Waals surface area (Å²) in [4.78, 5) is 6.89. The average Bonchev–Trinajstić information content (AvgIpc) is 2.93. The molecule has 3 aromatic rings. The van der Waals surface area contributed by atoms with Crippen molar-refractivity contribution >= 4 is 10.9 Å². The van der Waals surface area contributed by atoms with E-state index in [-0.39, 0.29) is 0 Å². The molecule has 4 heteroatoms. The molecule has 1 aliphatic heterocycles. The van der Waals surface area contributed by atoms with Gasteiger partial charge >= 0.3 is 0 Å². The Morgan fingerprint density at radius 3 is 2.82 bits per heavy atom. The van der Waals surface area contributed by atoms with Crippen LogP contribution >= 0.6 is 0 Å². The molecule has 0 saturated heterocycles. The van der Waals surface area contributed by atoms with Crippen molar-refractivity contribution in [2.75, 3.05) is 6.54 Å². The first kappa shape index (κ1) is 17.9. The Bertz CT molecular complexity index is 1000. The number of aromatic nitrogens is 2. The lowest BCUT2D eigenvalue weighted by molar-refractivity contribution is 0.0376. The van der Waals surface area contributed by atoms with E-state index in [4.69, 9.17) is 0 Å². The van der Waals surface area contributed by atoms with E-state index in [0.717, 1.165) is 31.1 Å². The summed E-state index contributed by atoms with van der Waals surface area (Å²) in [6.45, 7) is 6.79. The SMILES string of the molecule is Cc1ccc2c(c1)c1c(n2CC(C)(O)c2cccnc2)CCN(C2CCC2)C1. The molecule has 0 spiro atoms. The highest BCUT2D eigenvalue weighted by Gasteiger charge is 2.33. The Hall–Kier alpha value is -2.17. The van der Waals surface area contributed by atoms with Gasteiger partial charge in [-0.2, -0.15) is 0 Å². The molecular formula is C24H29N3O. The number of aliphatic hydroxyl groups is 1. The second kappa shape index (κ2) is 6.71. The van der Waals surface area contributed by atoms with Crippen LogP contribution < -0.4 is 0 Å². The van der Waals surface area contributed by atoms with Gasteiger partial charge in [0.25, 0.3) is 0 Å². The van der Waals surface area contributed by atoms with Crippen LogP contribution in [0.4, 0.5) is 0 Å². The maximum Gasteiger partial charge on any atom is 0.106 e. The molecule has 1 atom stereocenters. The summed E-state index contributed by atoms with van der Waals surface area (Å²) < 4.78 is 2.37. The summed E-state index contributed by atoms with van der Waals surface area (Å²) >= 11 is 0. The van der Waals surface area contributed by atoms with Gasteiger partial charge in [-0.05, 0) is 50.5 Å². The summed E-state index contributed by atoms with van der Waals surface area (Å²) in [7, 11) is 0. The van der Waals surface area contributed by atoms with Crippen molar-refractivity contribution in [3.63, 3.8) is 0 Å². The lowest BCUT2D eigenvalue weighted by atomic mass is 9.89. The number of hydrogen-bond acceptors (Lipinski definition) is 3. The number of nitrogens with zero attached hydrogens (tertiary/aromatic N) is 3. The van der Waals surface area contributed by atoms with E-state index >= 15 is 0 Å². The first-order chi connectivity index (χ1) is 13.5. The maximum atomic E-state index is 11.3. The van der Waals surface area contributed by atoms with Crippen LogP contribution in [0.25, 0.3) is 10.9 Å². The van der Waals surface area contributed by atoms with Gasteiger partial charge in [-0.15, -0.1) is 0 Å². The Labute approximate surface area is 166 Å². The van der Waals surface area contributed by atoms with Crippen molar-refractivity contribution in [2.24, 2.45) is 0 Å². The molecule has 1 saturated carbocycles. The molecule has 2 aromatic heterocycles. The third kappa shape index (κ3) is 2.96. The quantitative estimate of drug-likeness (QED) is 0.744. The maximum absolute atomic E-state index is 11.3. The number of benzene rings is 1. The summed E-state index contributed by atoms with van der Waals surface area (Å²) in [5.74, 6) is 0. The number of pyridine rings is 1. The Balaban J connectivity index is 1.58. The van der Waals surface area contributed by atoms with E-state index in [0.29, 0.717) is 6.54 Å². The zero-order chi connectivity index (χ0) is 19.3. The second-order valence-electron chi connectivity index (χ2n) is 8.85. The van der Waals surface area contributed by atoms with E-state index in [1.165, 1.54) is 47.0 Å². The van der Waals surface area contributed by atoms with Gasteiger partial charge in [0.1, 0.15) is 5.60 Å². The smallest absolute Gasteiger partial charge is 0.106 e. The van der Waals surface area contributed by atoms with Crippen LogP contribution in [0.3, 0.4) is 0 Å². The van der Waals surface area contributed by atoms with E-state index in [1.54, 1.807) is 12.4 Å². The summed E-state index contributed by atoms with van der Waals surface area (Å²) in [5, 5.41) is 12.7. The Morgan fingerprint density at radius 2 is 2.11 bits per heavy atom. The van der Waals surface area contributed by atoms with E-state index in [1.807, 2.05) is 19.1 Å². The van der Waals surface area contributed by atoms with Crippen LogP contribution in [0, 0.1) is 6.92 Å². The van der Waals surface area contributed by atoms with Crippen molar-refractivity contribution in [3.8, 4) is 0 Å². The lowest BCUT2D eigenvalue weighted by Crippen LogP contribution is -2.43. The molecule has 1 aliphatic carbocycles. The molecule has 4 nitrogen and oxygen atoms in total. The molecule has 1 aromatic carbocycles. The minimum atomic E-state index is -0.954. The molecule has 2 aliphatic rings. The van der Waals surface area contributed by atoms with Gasteiger partial charge in [-0.1, -0.05) is 24.1 Å². The van der Waals surface area contributed by atoms with E-state index in [2.05, 4.69) is 39.6 Å². The fourth-order valence-corrected chi connectivity index (χ4v) is 4.91. The summed E-state index contributed by atoms with van der Waals surface area (Å²) in [6, 6.07) is 11.4. The number of aryl methyl sites for hydroxylation is 1. The van der Waals surface area contributed by atoms with Crippen LogP contribution in [0.2, 0.25) is 0 Å². The van der Waals surface area contributed by atoms with Gasteiger partial charge in [0.05, 0.1) is 6.54 Å². The molecule has 1 unspecified atom stereocenters. The Kier molecular flexibility index (Phi) is 4.29. The zero-order valence-electron chi connectivity index (χ0n) is 16.9. The molecule has 5 rings (SSSR count). The van der Waals surface area contributed by atoms with Gasteiger partial charge in [-0.3, -0.25) is 9.88 Å². The minimum absolute atomic E-state index is 0.553. The van der Waals surface area contributed by atoms with Crippen LogP contribution in [-0.4, -0.2) is 32.1 Å². The van der Waals surface area contributed by atoms with Gasteiger partial charge in [-0.25, -0.2) is 0 Å². The normalized spacial score (nSPS) is 20.0. The van der Waals surface area contributed by atoms with Crippen molar-refractivity contribution < 1.29 is 5.11 Å². The van der Waals surface area contributed by atoms with Crippen molar-refractivity contribution in [3.05, 3.63) is 65.1 Å². The molecule has 0 amide bonds. The predicted octanol–water partition coefficient (Wildman–Crippen LogP) is 4.16. The number of hydrogen-bond donors (Lipinski definition) is 1. The van der Waals surface area contributed by atoms with E-state index in [9.17, 15) is 5.11 Å². The standard InChI is InChI=1S/C24H29N3O/c1-17-8-9-22-20(13-17)21-15-26(19-6-3-7-19)12-10-23(21)27(22)16-24(2,28)18-5-4-11-25-14-18/h4-5,8-9,11,13-14,19,28H,3,6-7,10,12,15-16H2,1-2H3. The molecule has 28 heavy (non-hydrogen) atoms. The van der Waals surface area contributed by atoms with Crippen molar-refractivity contribution in [1.29, 1.82) is 0 Å². The van der Waals surface area contributed by atoms with Crippen LogP contribution in [0.5, 0.6) is 0 Å². The summed E-state index contributed by atoms with van der Waals surface area (Å²) in [5.41, 5.74) is 5.33. The minimum Gasteiger partial charge on any atom is -0.384 e. The van der Waals surface area contributed by atoms with E-state index < -0.39 is 5.60 Å². The van der Waals surface area contributed by atoms with Gasteiger partial charge in [0.15, 0.2) is 0 Å². The van der Waals surface area contributed by atoms with Crippen molar-refractivity contribution in [1.82, 2.24) is 14.5 Å². The zero-order valence-corrected chi connectivity index (χ0v) is 16.9. The highest BCUT2D eigenvalue weighted by Crippen LogP contribution is 2.37. The topological polar surface area (TPSA) is 41.3 Å². The van der Waals surface area contributed by atoms with Gasteiger partial charge in [0, 0.05) is 60.1 Å². The van der Waals surface area contributed by atoms with Crippen LogP contribution in [0.15, 0.2) is 42.7 Å².